The molecule has 33 heavy (non-hydrogen) atoms. The summed E-state index contributed by atoms with van der Waals surface area (Å²) in [7, 11) is 0. The summed E-state index contributed by atoms with van der Waals surface area (Å²) in [5.74, 6) is -2.34. The highest BCUT2D eigenvalue weighted by atomic mass is 19.4. The number of piperidine rings is 1. The van der Waals surface area contributed by atoms with E-state index in [-0.39, 0.29) is 28.8 Å². The molecule has 2 aliphatic rings. The van der Waals surface area contributed by atoms with Crippen LogP contribution in [0.4, 0.5) is 38.0 Å². The van der Waals surface area contributed by atoms with Gasteiger partial charge in [-0.25, -0.2) is 15.0 Å². The van der Waals surface area contributed by atoms with E-state index in [0.717, 1.165) is 6.33 Å². The SMILES string of the molecule is CCn1cc(CC(F)(F)F)nc1C1CCN(c2ncnc3c2[C@H](C(F)(F)F)CC(=O)N3)CC1. The Kier molecular flexibility index (Phi) is 5.99. The van der Waals surface area contributed by atoms with Crippen molar-refractivity contribution < 1.29 is 31.1 Å². The van der Waals surface area contributed by atoms with E-state index in [0.29, 0.717) is 38.3 Å². The predicted octanol–water partition coefficient (Wildman–Crippen LogP) is 4.17. The average Bonchev–Trinajstić information content (AvgIpc) is 3.13. The molecule has 180 valence electrons. The third kappa shape index (κ3) is 4.91. The van der Waals surface area contributed by atoms with Crippen LogP contribution < -0.4 is 10.2 Å². The maximum Gasteiger partial charge on any atom is 0.396 e. The van der Waals surface area contributed by atoms with Crippen LogP contribution in [-0.4, -0.2) is 50.9 Å². The minimum Gasteiger partial charge on any atom is -0.356 e. The molecule has 2 aliphatic heterocycles. The number of amides is 1. The van der Waals surface area contributed by atoms with Crippen molar-refractivity contribution in [3.8, 4) is 0 Å². The van der Waals surface area contributed by atoms with Gasteiger partial charge in [0.05, 0.1) is 23.6 Å². The van der Waals surface area contributed by atoms with E-state index in [1.165, 1.54) is 6.20 Å². The van der Waals surface area contributed by atoms with Crippen LogP contribution >= 0.6 is 0 Å². The van der Waals surface area contributed by atoms with Gasteiger partial charge in [0.2, 0.25) is 5.91 Å². The third-order valence-corrected chi connectivity index (χ3v) is 5.99. The maximum atomic E-state index is 13.7. The first-order valence-electron chi connectivity index (χ1n) is 10.6. The summed E-state index contributed by atoms with van der Waals surface area (Å²) < 4.78 is 81.1. The predicted molar refractivity (Wildman–Crippen MR) is 106 cm³/mol. The highest BCUT2D eigenvalue weighted by Gasteiger charge is 2.48. The Bertz CT molecular complexity index is 1030. The zero-order chi connectivity index (χ0) is 24.0. The summed E-state index contributed by atoms with van der Waals surface area (Å²) in [5.41, 5.74) is -0.194. The number of nitrogens with zero attached hydrogens (tertiary/aromatic N) is 5. The van der Waals surface area contributed by atoms with E-state index in [1.54, 1.807) is 9.47 Å². The highest BCUT2D eigenvalue weighted by molar-refractivity contribution is 5.94. The number of aromatic nitrogens is 4. The average molecular weight is 476 g/mol. The Hall–Kier alpha value is -2.86. The fraction of sp³-hybridized carbons (Fsp3) is 0.600. The van der Waals surface area contributed by atoms with Crippen LogP contribution in [0, 0.1) is 0 Å². The number of halogens is 6. The van der Waals surface area contributed by atoms with E-state index < -0.39 is 37.0 Å². The number of hydrogen-bond acceptors (Lipinski definition) is 5. The van der Waals surface area contributed by atoms with Gasteiger partial charge in [0.1, 0.15) is 23.8 Å². The van der Waals surface area contributed by atoms with Crippen molar-refractivity contribution in [1.29, 1.82) is 0 Å². The Morgan fingerprint density at radius 2 is 1.82 bits per heavy atom. The van der Waals surface area contributed by atoms with E-state index in [2.05, 4.69) is 20.3 Å². The summed E-state index contributed by atoms with van der Waals surface area (Å²) in [5, 5.41) is 2.39. The molecule has 0 aromatic carbocycles. The Labute approximate surface area is 185 Å². The molecule has 1 fully saturated rings. The van der Waals surface area contributed by atoms with Crippen LogP contribution in [-0.2, 0) is 17.8 Å². The van der Waals surface area contributed by atoms with Gasteiger partial charge in [0.25, 0.3) is 0 Å². The Balaban J connectivity index is 1.55. The molecule has 4 rings (SSSR count). The zero-order valence-electron chi connectivity index (χ0n) is 17.7. The van der Waals surface area contributed by atoms with E-state index in [9.17, 15) is 31.1 Å². The van der Waals surface area contributed by atoms with Gasteiger partial charge in [-0.2, -0.15) is 26.3 Å². The first-order chi connectivity index (χ1) is 15.5. The number of imidazole rings is 1. The van der Waals surface area contributed by atoms with Crippen molar-refractivity contribution in [2.75, 3.05) is 23.3 Å². The molecule has 0 saturated carbocycles. The molecule has 0 unspecified atom stereocenters. The summed E-state index contributed by atoms with van der Waals surface area (Å²) in [6, 6.07) is 0. The minimum atomic E-state index is -4.63. The van der Waals surface area contributed by atoms with Crippen molar-refractivity contribution in [2.45, 2.75) is 63.3 Å². The highest BCUT2D eigenvalue weighted by Crippen LogP contribution is 2.46. The lowest BCUT2D eigenvalue weighted by atomic mass is 9.90. The fourth-order valence-corrected chi connectivity index (χ4v) is 4.51. The van der Waals surface area contributed by atoms with Crippen molar-refractivity contribution in [1.82, 2.24) is 19.5 Å². The van der Waals surface area contributed by atoms with Gasteiger partial charge in [-0.1, -0.05) is 0 Å². The molecule has 1 amide bonds. The normalized spacial score (nSPS) is 20.0. The zero-order valence-corrected chi connectivity index (χ0v) is 17.7. The van der Waals surface area contributed by atoms with Crippen LogP contribution in [0.15, 0.2) is 12.5 Å². The standard InChI is InChI=1S/C20H22F6N6O/c1-2-31-9-12(8-19(21,22)23)29-17(31)11-3-5-32(6-4-11)18-15-13(20(24,25)26)7-14(33)30-16(15)27-10-28-18/h9-11,13H,2-8H2,1H3,(H,27,28,30,33)/t13-/m1/s1. The summed E-state index contributed by atoms with van der Waals surface area (Å²) in [6.45, 7) is 2.97. The third-order valence-electron chi connectivity index (χ3n) is 5.99. The number of hydrogen-bond donors (Lipinski definition) is 1. The largest absolute Gasteiger partial charge is 0.396 e. The van der Waals surface area contributed by atoms with Crippen LogP contribution in [0.2, 0.25) is 0 Å². The molecule has 0 spiro atoms. The number of alkyl halides is 6. The smallest absolute Gasteiger partial charge is 0.356 e. The van der Waals surface area contributed by atoms with Crippen molar-refractivity contribution in [2.24, 2.45) is 0 Å². The lowest BCUT2D eigenvalue weighted by molar-refractivity contribution is -0.156. The number of anilines is 2. The molecular weight excluding hydrogens is 454 g/mol. The van der Waals surface area contributed by atoms with E-state index >= 15 is 0 Å². The molecule has 0 aliphatic carbocycles. The molecule has 7 nitrogen and oxygen atoms in total. The molecule has 13 heteroatoms. The van der Waals surface area contributed by atoms with Crippen LogP contribution in [0.25, 0.3) is 0 Å². The molecule has 1 atom stereocenters. The monoisotopic (exact) mass is 476 g/mol. The van der Waals surface area contributed by atoms with Gasteiger partial charge >= 0.3 is 12.4 Å². The molecule has 2 aromatic heterocycles. The summed E-state index contributed by atoms with van der Waals surface area (Å²) in [6.07, 6.45) is -7.32. The summed E-state index contributed by atoms with van der Waals surface area (Å²) >= 11 is 0. The Morgan fingerprint density at radius 1 is 1.12 bits per heavy atom. The van der Waals surface area contributed by atoms with Gasteiger partial charge in [-0.05, 0) is 19.8 Å². The van der Waals surface area contributed by atoms with Crippen molar-refractivity contribution in [3.63, 3.8) is 0 Å². The van der Waals surface area contributed by atoms with Crippen LogP contribution in [0.5, 0.6) is 0 Å². The number of nitrogens with one attached hydrogen (secondary N) is 1. The second-order valence-corrected chi connectivity index (χ2v) is 8.24. The van der Waals surface area contributed by atoms with Gasteiger partial charge in [-0.15, -0.1) is 0 Å². The second kappa shape index (κ2) is 8.49. The molecule has 1 saturated heterocycles. The van der Waals surface area contributed by atoms with Crippen LogP contribution in [0.3, 0.4) is 0 Å². The Morgan fingerprint density at radius 3 is 2.42 bits per heavy atom. The number of rotatable bonds is 4. The van der Waals surface area contributed by atoms with Gasteiger partial charge in [-0.3, -0.25) is 4.79 Å². The number of fused-ring (bicyclic) bond motifs is 1. The second-order valence-electron chi connectivity index (χ2n) is 8.24. The number of aryl methyl sites for hydroxylation is 1. The van der Waals surface area contributed by atoms with Gasteiger partial charge in [0.15, 0.2) is 0 Å². The number of carbonyl (C=O) groups is 1. The van der Waals surface area contributed by atoms with Crippen molar-refractivity contribution >= 4 is 17.5 Å². The molecule has 1 N–H and O–H groups in total. The quantitative estimate of drug-likeness (QED) is 0.671. The first kappa shape index (κ1) is 23.3. The van der Waals surface area contributed by atoms with E-state index in [4.69, 9.17) is 0 Å². The molecule has 2 aromatic rings. The molecule has 0 bridgehead atoms. The lowest BCUT2D eigenvalue weighted by Crippen LogP contribution is -2.38. The van der Waals surface area contributed by atoms with Crippen LogP contribution in [0.1, 0.15) is 55.1 Å². The van der Waals surface area contributed by atoms with Crippen molar-refractivity contribution in [3.05, 3.63) is 29.6 Å². The molecule has 4 heterocycles. The fourth-order valence-electron chi connectivity index (χ4n) is 4.51. The minimum absolute atomic E-state index is 0.0459. The van der Waals surface area contributed by atoms with Gasteiger partial charge < -0.3 is 14.8 Å². The molecular formula is C20H22F6N6O. The molecule has 0 radical (unpaired) electrons. The van der Waals surface area contributed by atoms with Gasteiger partial charge in [0, 0.05) is 38.2 Å². The number of carbonyl (C=O) groups excluding carboxylic acids is 1. The lowest BCUT2D eigenvalue weighted by Gasteiger charge is -2.36. The topological polar surface area (TPSA) is 75.9 Å². The van der Waals surface area contributed by atoms with E-state index in [1.807, 2.05) is 6.92 Å². The first-order valence-corrected chi connectivity index (χ1v) is 10.6. The maximum absolute atomic E-state index is 13.7. The summed E-state index contributed by atoms with van der Waals surface area (Å²) in [4.78, 5) is 25.6.